The highest BCUT2D eigenvalue weighted by molar-refractivity contribution is 8.15. The molecule has 9 heteroatoms. The van der Waals surface area contributed by atoms with Gasteiger partial charge in [0.25, 0.3) is 5.91 Å². The first-order valence-corrected chi connectivity index (χ1v) is 13.8. The van der Waals surface area contributed by atoms with Crippen LogP contribution in [0, 0.1) is 0 Å². The fourth-order valence-corrected chi connectivity index (χ4v) is 5.74. The minimum absolute atomic E-state index is 0.0187. The van der Waals surface area contributed by atoms with E-state index in [0.717, 1.165) is 37.0 Å². The smallest absolute Gasteiger partial charge is 0.283 e. The molecule has 1 aliphatic carbocycles. The normalized spacial score (nSPS) is 18.1. The zero-order valence-corrected chi connectivity index (χ0v) is 22.9. The number of methoxy groups -OCH3 is 2. The van der Waals surface area contributed by atoms with Crippen LogP contribution in [0.25, 0.3) is 6.08 Å². The van der Waals surface area contributed by atoms with Gasteiger partial charge in [0.2, 0.25) is 5.91 Å². The molecule has 2 amide bonds. The maximum atomic E-state index is 13.6. The van der Waals surface area contributed by atoms with Crippen LogP contribution in [0.15, 0.2) is 53.2 Å². The largest absolute Gasteiger partial charge is 0.497 e. The molecule has 2 aromatic carbocycles. The number of hydrogen-bond acceptors (Lipinski definition) is 6. The van der Waals surface area contributed by atoms with Crippen molar-refractivity contribution in [3.8, 4) is 11.5 Å². The van der Waals surface area contributed by atoms with Gasteiger partial charge in [-0.3, -0.25) is 14.5 Å². The van der Waals surface area contributed by atoms with E-state index < -0.39 is 0 Å². The molecule has 1 N–H and O–H groups in total. The molecule has 37 heavy (non-hydrogen) atoms. The number of aliphatic imine (C=N–C) groups is 1. The molecule has 2 aliphatic rings. The van der Waals surface area contributed by atoms with Crippen LogP contribution in [-0.2, 0) is 9.59 Å². The second kappa shape index (κ2) is 12.5. The van der Waals surface area contributed by atoms with Gasteiger partial charge in [0.05, 0.1) is 30.2 Å². The molecular weight excluding hydrogens is 510 g/mol. The summed E-state index contributed by atoms with van der Waals surface area (Å²) in [5.41, 5.74) is 1.65. The van der Waals surface area contributed by atoms with Crippen LogP contribution in [0.5, 0.6) is 11.5 Å². The van der Waals surface area contributed by atoms with Crippen LogP contribution in [0.3, 0.4) is 0 Å². The molecule has 4 rings (SSSR count). The molecule has 0 radical (unpaired) electrons. The predicted octanol–water partition coefficient (Wildman–Crippen LogP) is 6.06. The summed E-state index contributed by atoms with van der Waals surface area (Å²) in [5.74, 6) is 0.927. The number of benzene rings is 2. The van der Waals surface area contributed by atoms with Crippen molar-refractivity contribution >= 4 is 52.1 Å². The number of rotatable bonds is 8. The third kappa shape index (κ3) is 6.48. The van der Waals surface area contributed by atoms with Crippen LogP contribution in [-0.4, -0.2) is 42.5 Å². The van der Waals surface area contributed by atoms with Crippen molar-refractivity contribution in [2.75, 3.05) is 19.1 Å². The number of nitrogens with one attached hydrogen (secondary N) is 1. The predicted molar refractivity (Wildman–Crippen MR) is 151 cm³/mol. The molecule has 0 bridgehead atoms. The van der Waals surface area contributed by atoms with Crippen LogP contribution >= 0.6 is 23.4 Å². The Morgan fingerprint density at radius 3 is 2.51 bits per heavy atom. The lowest BCUT2D eigenvalue weighted by Crippen LogP contribution is -2.42. The molecule has 196 valence electrons. The second-order valence-electron chi connectivity index (χ2n) is 9.01. The van der Waals surface area contributed by atoms with E-state index in [2.05, 4.69) is 10.3 Å². The van der Waals surface area contributed by atoms with Gasteiger partial charge in [-0.15, -0.1) is 0 Å². The van der Waals surface area contributed by atoms with E-state index in [1.807, 2.05) is 31.2 Å². The summed E-state index contributed by atoms with van der Waals surface area (Å²) in [6.45, 7) is 1.97. The lowest BCUT2D eigenvalue weighted by Gasteiger charge is -2.26. The van der Waals surface area contributed by atoms with Crippen molar-refractivity contribution in [1.29, 1.82) is 0 Å². The van der Waals surface area contributed by atoms with Gasteiger partial charge in [0, 0.05) is 6.04 Å². The molecule has 0 aromatic heterocycles. The van der Waals surface area contributed by atoms with E-state index in [4.69, 9.17) is 21.1 Å². The summed E-state index contributed by atoms with van der Waals surface area (Å²) in [6, 6.07) is 12.7. The number of anilines is 1. The SMILES string of the molecule is CC[C@H](SC1=N/C(=C/c2ccc(OC)cc2)C(=O)N1c1ccc(OC)c(Cl)c1)C(=O)NC1CCCCC1. The highest BCUT2D eigenvalue weighted by Crippen LogP contribution is 2.36. The zero-order chi connectivity index (χ0) is 26.4. The summed E-state index contributed by atoms with van der Waals surface area (Å²) >= 11 is 7.69. The maximum absolute atomic E-state index is 13.6. The molecule has 1 aliphatic heterocycles. The number of ether oxygens (including phenoxy) is 2. The molecule has 0 spiro atoms. The van der Waals surface area contributed by atoms with Crippen molar-refractivity contribution in [2.24, 2.45) is 4.99 Å². The van der Waals surface area contributed by atoms with Crippen molar-refractivity contribution in [3.63, 3.8) is 0 Å². The quantitative estimate of drug-likeness (QED) is 0.411. The van der Waals surface area contributed by atoms with Crippen molar-refractivity contribution < 1.29 is 19.1 Å². The number of halogens is 1. The molecule has 7 nitrogen and oxygen atoms in total. The molecule has 1 atom stereocenters. The standard InChI is InChI=1S/C28H32ClN3O4S/c1-4-25(26(33)30-19-8-6-5-7-9-19)37-28-31-23(16-18-10-13-21(35-2)14-11-18)27(34)32(28)20-12-15-24(36-3)22(29)17-20/h10-17,19,25H,4-9H2,1-3H3,(H,30,33)/b23-16+/t25-/m0/s1. The summed E-state index contributed by atoms with van der Waals surface area (Å²) in [7, 11) is 3.14. The van der Waals surface area contributed by atoms with Crippen molar-refractivity contribution in [3.05, 3.63) is 58.7 Å². The Hall–Kier alpha value is -2.97. The van der Waals surface area contributed by atoms with E-state index in [1.54, 1.807) is 31.4 Å². The molecular formula is C28H32ClN3O4S. The summed E-state index contributed by atoms with van der Waals surface area (Å²) < 4.78 is 10.5. The van der Waals surface area contributed by atoms with Gasteiger partial charge in [-0.25, -0.2) is 4.99 Å². The molecule has 2 aromatic rings. The zero-order valence-electron chi connectivity index (χ0n) is 21.3. The number of hydrogen-bond donors (Lipinski definition) is 1. The monoisotopic (exact) mass is 541 g/mol. The van der Waals surface area contributed by atoms with Gasteiger partial charge in [-0.1, -0.05) is 61.7 Å². The van der Waals surface area contributed by atoms with E-state index in [-0.39, 0.29) is 28.8 Å². The lowest BCUT2D eigenvalue weighted by molar-refractivity contribution is -0.121. The third-order valence-electron chi connectivity index (χ3n) is 6.50. The van der Waals surface area contributed by atoms with Crippen LogP contribution in [0.2, 0.25) is 5.02 Å². The van der Waals surface area contributed by atoms with Crippen LogP contribution in [0.4, 0.5) is 5.69 Å². The minimum atomic E-state index is -0.384. The third-order valence-corrected chi connectivity index (χ3v) is 8.12. The van der Waals surface area contributed by atoms with Gasteiger partial charge in [-0.05, 0) is 61.2 Å². The van der Waals surface area contributed by atoms with E-state index >= 15 is 0 Å². The number of amides is 2. The van der Waals surface area contributed by atoms with Crippen LogP contribution < -0.4 is 19.7 Å². The molecule has 1 saturated carbocycles. The number of amidine groups is 1. The van der Waals surface area contributed by atoms with Gasteiger partial charge < -0.3 is 14.8 Å². The number of carbonyl (C=O) groups is 2. The first-order chi connectivity index (χ1) is 17.9. The van der Waals surface area contributed by atoms with Crippen LogP contribution in [0.1, 0.15) is 51.0 Å². The van der Waals surface area contributed by atoms with E-state index in [9.17, 15) is 9.59 Å². The minimum Gasteiger partial charge on any atom is -0.497 e. The fraction of sp³-hybridized carbons (Fsp3) is 0.393. The van der Waals surface area contributed by atoms with E-state index in [0.29, 0.717) is 28.0 Å². The Morgan fingerprint density at radius 1 is 1.16 bits per heavy atom. The van der Waals surface area contributed by atoms with Crippen molar-refractivity contribution in [1.82, 2.24) is 5.32 Å². The van der Waals surface area contributed by atoms with Gasteiger partial charge in [-0.2, -0.15) is 0 Å². The van der Waals surface area contributed by atoms with Gasteiger partial charge >= 0.3 is 0 Å². The molecule has 0 unspecified atom stereocenters. The van der Waals surface area contributed by atoms with Gasteiger partial charge in [0.15, 0.2) is 5.17 Å². The summed E-state index contributed by atoms with van der Waals surface area (Å²) in [6.07, 6.45) is 7.86. The first kappa shape index (κ1) is 27.1. The maximum Gasteiger partial charge on any atom is 0.283 e. The molecule has 1 fully saturated rings. The summed E-state index contributed by atoms with van der Waals surface area (Å²) in [5, 5.41) is 3.65. The van der Waals surface area contributed by atoms with E-state index in [1.165, 1.54) is 30.2 Å². The number of thioether (sulfide) groups is 1. The van der Waals surface area contributed by atoms with Gasteiger partial charge in [0.1, 0.15) is 17.2 Å². The molecule has 0 saturated heterocycles. The molecule has 1 heterocycles. The average Bonchev–Trinajstić information content (AvgIpc) is 3.22. The summed E-state index contributed by atoms with van der Waals surface area (Å²) in [4.78, 5) is 33.0. The Bertz CT molecular complexity index is 1190. The number of nitrogens with zero attached hydrogens (tertiary/aromatic N) is 2. The van der Waals surface area contributed by atoms with Crippen molar-refractivity contribution in [2.45, 2.75) is 56.7 Å². The Labute approximate surface area is 227 Å². The fourth-order valence-electron chi connectivity index (χ4n) is 4.45. The number of carbonyl (C=O) groups excluding carboxylic acids is 2. The first-order valence-electron chi connectivity index (χ1n) is 12.5. The topological polar surface area (TPSA) is 80.2 Å². The highest BCUT2D eigenvalue weighted by Gasteiger charge is 2.35. The Morgan fingerprint density at radius 2 is 1.89 bits per heavy atom. The lowest BCUT2D eigenvalue weighted by atomic mass is 9.95. The Balaban J connectivity index is 1.63. The highest BCUT2D eigenvalue weighted by atomic mass is 35.5. The second-order valence-corrected chi connectivity index (χ2v) is 10.6. The average molecular weight is 542 g/mol. The Kier molecular flexibility index (Phi) is 9.16.